The van der Waals surface area contributed by atoms with Gasteiger partial charge >= 0.3 is 0 Å². The van der Waals surface area contributed by atoms with Crippen molar-refractivity contribution < 1.29 is 9.59 Å². The first-order valence-corrected chi connectivity index (χ1v) is 7.98. The van der Waals surface area contributed by atoms with Crippen LogP contribution in [0.5, 0.6) is 0 Å². The Labute approximate surface area is 143 Å². The Morgan fingerprint density at radius 2 is 1.17 bits per heavy atom. The fourth-order valence-corrected chi connectivity index (χ4v) is 2.81. The smallest absolute Gasteiger partial charge is 0.270 e. The number of rotatable bonds is 5. The van der Waals surface area contributed by atoms with E-state index >= 15 is 0 Å². The molecule has 6 nitrogen and oxygen atoms in total. The zero-order valence-corrected chi connectivity index (χ0v) is 15.3. The number of hydrogen-bond donors (Lipinski definition) is 0. The van der Waals surface area contributed by atoms with Crippen molar-refractivity contribution in [2.24, 2.45) is 14.1 Å². The van der Waals surface area contributed by atoms with Crippen LogP contribution < -0.4 is 0 Å². The van der Waals surface area contributed by atoms with Crippen molar-refractivity contribution in [3.8, 4) is 0 Å². The Morgan fingerprint density at radius 1 is 0.833 bits per heavy atom. The van der Waals surface area contributed by atoms with Crippen LogP contribution in [0.2, 0.25) is 0 Å². The maximum atomic E-state index is 12.6. The number of aromatic nitrogens is 2. The minimum absolute atomic E-state index is 0.0316. The minimum Gasteiger partial charge on any atom is -0.346 e. The van der Waals surface area contributed by atoms with E-state index in [0.717, 1.165) is 11.1 Å². The largest absolute Gasteiger partial charge is 0.346 e. The van der Waals surface area contributed by atoms with Crippen LogP contribution in [0.4, 0.5) is 0 Å². The Kier molecular flexibility index (Phi) is 5.17. The molecule has 0 N–H and O–H groups in total. The Hall–Kier alpha value is -2.50. The topological polar surface area (TPSA) is 50.5 Å². The van der Waals surface area contributed by atoms with Gasteiger partial charge in [-0.2, -0.15) is 0 Å². The molecular weight excluding hydrogens is 304 g/mol. The molecule has 0 saturated heterocycles. The van der Waals surface area contributed by atoms with Crippen LogP contribution in [0, 0.1) is 13.8 Å². The molecule has 2 amide bonds. The van der Waals surface area contributed by atoms with Gasteiger partial charge in [-0.05, 0) is 37.1 Å². The van der Waals surface area contributed by atoms with E-state index in [-0.39, 0.29) is 11.8 Å². The van der Waals surface area contributed by atoms with Crippen molar-refractivity contribution in [2.45, 2.75) is 13.8 Å². The fourth-order valence-electron chi connectivity index (χ4n) is 2.81. The standard InChI is InChI=1S/C18H26N4O2/c1-13-7-9-19(3)15(13)17(23)21(5)11-12-22(6)18(24)16-14(2)8-10-20(16)4/h7-10H,11-12H2,1-6H3. The molecule has 0 bridgehead atoms. The van der Waals surface area contributed by atoms with E-state index in [9.17, 15) is 9.59 Å². The van der Waals surface area contributed by atoms with E-state index < -0.39 is 0 Å². The maximum Gasteiger partial charge on any atom is 0.270 e. The monoisotopic (exact) mass is 330 g/mol. The van der Waals surface area contributed by atoms with Gasteiger partial charge in [0.15, 0.2) is 0 Å². The van der Waals surface area contributed by atoms with Crippen molar-refractivity contribution in [1.82, 2.24) is 18.9 Å². The summed E-state index contributed by atoms with van der Waals surface area (Å²) in [5, 5.41) is 0. The Bertz CT molecular complexity index is 654. The highest BCUT2D eigenvalue weighted by Crippen LogP contribution is 2.12. The number of carbonyl (C=O) groups excluding carboxylic acids is 2. The van der Waals surface area contributed by atoms with Crippen LogP contribution in [-0.4, -0.2) is 57.9 Å². The molecule has 0 atom stereocenters. The molecule has 0 fully saturated rings. The lowest BCUT2D eigenvalue weighted by atomic mass is 10.2. The van der Waals surface area contributed by atoms with E-state index in [2.05, 4.69) is 0 Å². The molecule has 0 unspecified atom stereocenters. The van der Waals surface area contributed by atoms with Crippen LogP contribution in [0.25, 0.3) is 0 Å². The molecule has 2 heterocycles. The van der Waals surface area contributed by atoms with Crippen LogP contribution in [0.3, 0.4) is 0 Å². The molecule has 0 radical (unpaired) electrons. The summed E-state index contributed by atoms with van der Waals surface area (Å²) in [5.41, 5.74) is 3.28. The van der Waals surface area contributed by atoms with Crippen LogP contribution in [0.1, 0.15) is 32.1 Å². The van der Waals surface area contributed by atoms with Crippen LogP contribution in [-0.2, 0) is 14.1 Å². The summed E-state index contributed by atoms with van der Waals surface area (Å²) < 4.78 is 3.66. The van der Waals surface area contributed by atoms with Gasteiger partial charge in [0.05, 0.1) is 0 Å². The third-order valence-electron chi connectivity index (χ3n) is 4.42. The first-order chi connectivity index (χ1) is 11.2. The molecule has 0 saturated carbocycles. The predicted molar refractivity (Wildman–Crippen MR) is 94.2 cm³/mol. The number of carbonyl (C=O) groups is 2. The molecule has 0 aliphatic carbocycles. The lowest BCUT2D eigenvalue weighted by Crippen LogP contribution is -2.38. The summed E-state index contributed by atoms with van der Waals surface area (Å²) in [4.78, 5) is 28.4. The van der Waals surface area contributed by atoms with Gasteiger partial charge < -0.3 is 18.9 Å². The molecular formula is C18H26N4O2. The SMILES string of the molecule is Cc1ccn(C)c1C(=O)N(C)CCN(C)C(=O)c1c(C)ccn1C. The van der Waals surface area contributed by atoms with Gasteiger partial charge in [-0.3, -0.25) is 9.59 Å². The van der Waals surface area contributed by atoms with Crippen molar-refractivity contribution in [1.29, 1.82) is 0 Å². The van der Waals surface area contributed by atoms with E-state index in [1.807, 2.05) is 61.6 Å². The van der Waals surface area contributed by atoms with E-state index in [4.69, 9.17) is 0 Å². The number of hydrogen-bond acceptors (Lipinski definition) is 2. The summed E-state index contributed by atoms with van der Waals surface area (Å²) in [5.74, 6) is -0.0632. The van der Waals surface area contributed by atoms with Gasteiger partial charge in [0.25, 0.3) is 11.8 Å². The summed E-state index contributed by atoms with van der Waals surface area (Å²) in [7, 11) is 7.26. The average Bonchev–Trinajstić information content (AvgIpc) is 3.05. The zero-order chi connectivity index (χ0) is 18.0. The summed E-state index contributed by atoms with van der Waals surface area (Å²) in [6, 6.07) is 3.85. The quantitative estimate of drug-likeness (QED) is 0.840. The van der Waals surface area contributed by atoms with Gasteiger partial charge in [-0.15, -0.1) is 0 Å². The van der Waals surface area contributed by atoms with Gasteiger partial charge in [0.1, 0.15) is 11.4 Å². The van der Waals surface area contributed by atoms with Crippen molar-refractivity contribution in [3.05, 3.63) is 47.0 Å². The lowest BCUT2D eigenvalue weighted by molar-refractivity contribution is 0.0708. The maximum absolute atomic E-state index is 12.6. The fraction of sp³-hybridized carbons (Fsp3) is 0.444. The number of nitrogens with zero attached hydrogens (tertiary/aromatic N) is 4. The number of aryl methyl sites for hydroxylation is 4. The van der Waals surface area contributed by atoms with Crippen LogP contribution >= 0.6 is 0 Å². The lowest BCUT2D eigenvalue weighted by Gasteiger charge is -2.23. The van der Waals surface area contributed by atoms with E-state index in [1.165, 1.54) is 0 Å². The molecule has 0 aliphatic rings. The average molecular weight is 330 g/mol. The second kappa shape index (κ2) is 6.95. The number of likely N-dealkylation sites (N-methyl/N-ethyl adjacent to an activating group) is 2. The summed E-state index contributed by atoms with van der Waals surface area (Å²) in [6.45, 7) is 4.81. The van der Waals surface area contributed by atoms with E-state index in [0.29, 0.717) is 24.5 Å². The first-order valence-electron chi connectivity index (χ1n) is 7.98. The normalized spacial score (nSPS) is 10.8. The second-order valence-electron chi connectivity index (χ2n) is 6.37. The zero-order valence-electron chi connectivity index (χ0n) is 15.3. The third-order valence-corrected chi connectivity index (χ3v) is 4.42. The molecule has 24 heavy (non-hydrogen) atoms. The summed E-state index contributed by atoms with van der Waals surface area (Å²) in [6.07, 6.45) is 3.76. The highest BCUT2D eigenvalue weighted by molar-refractivity contribution is 5.95. The molecule has 2 aromatic heterocycles. The predicted octanol–water partition coefficient (Wildman–Crippen LogP) is 1.82. The van der Waals surface area contributed by atoms with Crippen molar-refractivity contribution >= 4 is 11.8 Å². The Balaban J connectivity index is 2.00. The Morgan fingerprint density at radius 3 is 1.42 bits per heavy atom. The molecule has 0 aromatic carbocycles. The number of amides is 2. The summed E-state index contributed by atoms with van der Waals surface area (Å²) >= 11 is 0. The molecule has 6 heteroatoms. The molecule has 0 spiro atoms. The molecule has 2 rings (SSSR count). The van der Waals surface area contributed by atoms with E-state index in [1.54, 1.807) is 23.9 Å². The van der Waals surface area contributed by atoms with Gasteiger partial charge in [-0.1, -0.05) is 0 Å². The molecule has 130 valence electrons. The second-order valence-corrected chi connectivity index (χ2v) is 6.37. The van der Waals surface area contributed by atoms with Gasteiger partial charge in [0, 0.05) is 53.7 Å². The van der Waals surface area contributed by atoms with Gasteiger partial charge in [-0.25, -0.2) is 0 Å². The van der Waals surface area contributed by atoms with Gasteiger partial charge in [0.2, 0.25) is 0 Å². The molecule has 0 aliphatic heterocycles. The first kappa shape index (κ1) is 17.8. The van der Waals surface area contributed by atoms with Crippen molar-refractivity contribution in [2.75, 3.05) is 27.2 Å². The minimum atomic E-state index is -0.0316. The molecule has 2 aromatic rings. The third kappa shape index (κ3) is 3.37. The van der Waals surface area contributed by atoms with Crippen LogP contribution in [0.15, 0.2) is 24.5 Å². The highest BCUT2D eigenvalue weighted by Gasteiger charge is 2.20. The van der Waals surface area contributed by atoms with Crippen molar-refractivity contribution in [3.63, 3.8) is 0 Å². The highest BCUT2D eigenvalue weighted by atomic mass is 16.2.